The average molecular weight is 458 g/mol. The van der Waals surface area contributed by atoms with E-state index < -0.39 is 21.5 Å². The third-order valence-corrected chi connectivity index (χ3v) is 7.50. The van der Waals surface area contributed by atoms with Crippen LogP contribution in [0.25, 0.3) is 0 Å². The summed E-state index contributed by atoms with van der Waals surface area (Å²) in [6.45, 7) is 7.13. The summed E-state index contributed by atoms with van der Waals surface area (Å²) < 4.78 is 24.2. The molecule has 0 atom stereocenters. The summed E-state index contributed by atoms with van der Waals surface area (Å²) in [4.78, 5) is 17.1. The van der Waals surface area contributed by atoms with Gasteiger partial charge >= 0.3 is 0 Å². The monoisotopic (exact) mass is 457 g/mol. The Kier molecular flexibility index (Phi) is 9.11. The first-order chi connectivity index (χ1) is 15.5. The number of carbonyl (C=O) groups is 1. The lowest BCUT2D eigenvalue weighted by atomic mass is 10.1. The number of anilines is 1. The quantitative estimate of drug-likeness (QED) is 0.525. The number of carbonyl (C=O) groups excluding carboxylic acids is 1. The van der Waals surface area contributed by atoms with Crippen LogP contribution < -0.4 is 10.2 Å². The molecule has 1 saturated heterocycles. The zero-order chi connectivity index (χ0) is 22.8. The van der Waals surface area contributed by atoms with Gasteiger partial charge in [0.25, 0.3) is 0 Å². The van der Waals surface area contributed by atoms with Crippen LogP contribution in [0.15, 0.2) is 54.6 Å². The second kappa shape index (κ2) is 12.0. The van der Waals surface area contributed by atoms with Gasteiger partial charge in [0.2, 0.25) is 5.91 Å². The zero-order valence-electron chi connectivity index (χ0n) is 19.0. The molecule has 0 radical (unpaired) electrons. The van der Waals surface area contributed by atoms with E-state index in [1.54, 1.807) is 0 Å². The van der Waals surface area contributed by atoms with Crippen LogP contribution in [0.4, 0.5) is 5.69 Å². The lowest BCUT2D eigenvalue weighted by Crippen LogP contribution is -2.46. The Hall–Kier alpha value is -2.38. The number of sulfone groups is 1. The molecule has 3 rings (SSSR count). The molecule has 1 fully saturated rings. The molecule has 2 aromatic rings. The second-order valence-corrected chi connectivity index (χ2v) is 10.6. The average Bonchev–Trinajstić information content (AvgIpc) is 2.79. The molecule has 1 N–H and O–H groups in total. The van der Waals surface area contributed by atoms with E-state index in [1.807, 2.05) is 31.2 Å². The van der Waals surface area contributed by atoms with Crippen molar-refractivity contribution in [2.24, 2.45) is 0 Å². The van der Waals surface area contributed by atoms with Crippen LogP contribution in [-0.4, -0.2) is 56.9 Å². The van der Waals surface area contributed by atoms with E-state index in [9.17, 15) is 13.2 Å². The smallest absolute Gasteiger partial charge is 0.235 e. The maximum Gasteiger partial charge on any atom is 0.235 e. The lowest BCUT2D eigenvalue weighted by Gasteiger charge is -2.36. The Morgan fingerprint density at radius 2 is 1.56 bits per heavy atom. The van der Waals surface area contributed by atoms with Crippen LogP contribution in [0.2, 0.25) is 0 Å². The van der Waals surface area contributed by atoms with Gasteiger partial charge in [-0.15, -0.1) is 0 Å². The van der Waals surface area contributed by atoms with Crippen LogP contribution in [-0.2, 0) is 27.7 Å². The predicted molar refractivity (Wildman–Crippen MR) is 130 cm³/mol. The van der Waals surface area contributed by atoms with Crippen molar-refractivity contribution in [3.05, 3.63) is 65.7 Å². The molecule has 0 aromatic heterocycles. The van der Waals surface area contributed by atoms with Gasteiger partial charge in [0.15, 0.2) is 9.84 Å². The summed E-state index contributed by atoms with van der Waals surface area (Å²) in [7, 11) is -3.34. The second-order valence-electron chi connectivity index (χ2n) is 8.44. The molecule has 6 nitrogen and oxygen atoms in total. The molecule has 7 heteroatoms. The fourth-order valence-corrected chi connectivity index (χ4v) is 5.31. The molecule has 174 valence electrons. The van der Waals surface area contributed by atoms with Gasteiger partial charge in [0.05, 0.1) is 5.75 Å². The molecule has 1 amide bonds. The Morgan fingerprint density at radius 1 is 0.906 bits per heavy atom. The third-order valence-electron chi connectivity index (χ3n) is 5.89. The summed E-state index contributed by atoms with van der Waals surface area (Å²) >= 11 is 0. The van der Waals surface area contributed by atoms with Gasteiger partial charge in [-0.2, -0.15) is 0 Å². The third kappa shape index (κ3) is 7.64. The number of unbranched alkanes of at least 4 members (excludes halogenated alkanes) is 2. The summed E-state index contributed by atoms with van der Waals surface area (Å²) in [5, 5.41) is 2.81. The van der Waals surface area contributed by atoms with Crippen molar-refractivity contribution in [1.29, 1.82) is 0 Å². The zero-order valence-corrected chi connectivity index (χ0v) is 19.8. The minimum Gasteiger partial charge on any atom is -0.369 e. The van der Waals surface area contributed by atoms with Gasteiger partial charge < -0.3 is 10.2 Å². The summed E-state index contributed by atoms with van der Waals surface area (Å²) in [5.74, 6) is -0.770. The largest absolute Gasteiger partial charge is 0.369 e. The molecule has 1 heterocycles. The fourth-order valence-electron chi connectivity index (χ4n) is 4.02. The lowest BCUT2D eigenvalue weighted by molar-refractivity contribution is -0.118. The minimum atomic E-state index is -3.34. The fraction of sp³-hybridized carbons (Fsp3) is 0.480. The van der Waals surface area contributed by atoms with Gasteiger partial charge in [-0.05, 0) is 29.7 Å². The SMILES string of the molecule is CCCCCS(=O)(=O)CC(=O)NCc1ccccc1CN1CCN(c2ccccc2)CC1. The van der Waals surface area contributed by atoms with E-state index in [0.717, 1.165) is 51.1 Å². The van der Waals surface area contributed by atoms with Crippen LogP contribution in [0, 0.1) is 0 Å². The van der Waals surface area contributed by atoms with Crippen molar-refractivity contribution in [2.45, 2.75) is 39.3 Å². The van der Waals surface area contributed by atoms with Gasteiger partial charge in [-0.25, -0.2) is 8.42 Å². The van der Waals surface area contributed by atoms with Crippen LogP contribution in [0.5, 0.6) is 0 Å². The topological polar surface area (TPSA) is 69.7 Å². The number of hydrogen-bond donors (Lipinski definition) is 1. The van der Waals surface area contributed by atoms with Crippen LogP contribution >= 0.6 is 0 Å². The van der Waals surface area contributed by atoms with E-state index in [2.05, 4.69) is 45.4 Å². The highest BCUT2D eigenvalue weighted by atomic mass is 32.2. The van der Waals surface area contributed by atoms with Gasteiger partial charge in [0, 0.05) is 45.0 Å². The van der Waals surface area contributed by atoms with Crippen molar-refractivity contribution in [1.82, 2.24) is 10.2 Å². The van der Waals surface area contributed by atoms with E-state index in [1.165, 1.54) is 11.3 Å². The van der Waals surface area contributed by atoms with E-state index in [4.69, 9.17) is 0 Å². The van der Waals surface area contributed by atoms with E-state index >= 15 is 0 Å². The van der Waals surface area contributed by atoms with Crippen LogP contribution in [0.1, 0.15) is 37.3 Å². The standard InChI is InChI=1S/C25H35N3O3S/c1-2-3-9-18-32(30,31)21-25(29)26-19-22-10-7-8-11-23(22)20-27-14-16-28(17-15-27)24-12-5-4-6-13-24/h4-8,10-13H,2-3,9,14-21H2,1H3,(H,26,29). The Morgan fingerprint density at radius 3 is 2.25 bits per heavy atom. The van der Waals surface area contributed by atoms with E-state index in [-0.39, 0.29) is 5.75 Å². The Labute approximate surface area is 192 Å². The number of nitrogens with zero attached hydrogens (tertiary/aromatic N) is 2. The number of nitrogens with one attached hydrogen (secondary N) is 1. The number of rotatable bonds is 11. The highest BCUT2D eigenvalue weighted by molar-refractivity contribution is 7.92. The van der Waals surface area contributed by atoms with Gasteiger partial charge in [0.1, 0.15) is 5.75 Å². The highest BCUT2D eigenvalue weighted by Crippen LogP contribution is 2.18. The summed E-state index contributed by atoms with van der Waals surface area (Å²) in [6, 6.07) is 18.6. The van der Waals surface area contributed by atoms with Crippen LogP contribution in [0.3, 0.4) is 0 Å². The van der Waals surface area contributed by atoms with Gasteiger partial charge in [-0.3, -0.25) is 9.69 Å². The van der Waals surface area contributed by atoms with E-state index in [0.29, 0.717) is 13.0 Å². The Bertz CT molecular complexity index is 955. The van der Waals surface area contributed by atoms with Gasteiger partial charge in [-0.1, -0.05) is 62.2 Å². The maximum absolute atomic E-state index is 12.2. The molecular formula is C25H35N3O3S. The molecule has 0 spiro atoms. The molecule has 0 saturated carbocycles. The predicted octanol–water partition coefficient (Wildman–Crippen LogP) is 3.23. The number of para-hydroxylation sites is 1. The van der Waals surface area contributed by atoms with Crippen molar-refractivity contribution >= 4 is 21.4 Å². The molecule has 0 aliphatic carbocycles. The number of amides is 1. The molecule has 1 aliphatic heterocycles. The minimum absolute atomic E-state index is 0.0831. The number of piperazine rings is 1. The van der Waals surface area contributed by atoms with Crippen molar-refractivity contribution in [2.75, 3.05) is 42.6 Å². The first-order valence-corrected chi connectivity index (χ1v) is 13.4. The molecule has 0 bridgehead atoms. The normalized spacial score (nSPS) is 15.0. The molecular weight excluding hydrogens is 422 g/mol. The molecule has 32 heavy (non-hydrogen) atoms. The van der Waals surface area contributed by atoms with Crippen molar-refractivity contribution in [3.8, 4) is 0 Å². The number of benzene rings is 2. The Balaban J connectivity index is 1.49. The maximum atomic E-state index is 12.2. The van der Waals surface area contributed by atoms with Crippen molar-refractivity contribution in [3.63, 3.8) is 0 Å². The first kappa shape index (κ1) is 24.3. The molecule has 0 unspecified atom stereocenters. The summed E-state index contributed by atoms with van der Waals surface area (Å²) in [5.41, 5.74) is 3.47. The highest BCUT2D eigenvalue weighted by Gasteiger charge is 2.19. The summed E-state index contributed by atoms with van der Waals surface area (Å²) in [6.07, 6.45) is 2.44. The first-order valence-electron chi connectivity index (χ1n) is 11.5. The number of hydrogen-bond acceptors (Lipinski definition) is 5. The van der Waals surface area contributed by atoms with Crippen molar-refractivity contribution < 1.29 is 13.2 Å². The molecule has 1 aliphatic rings. The molecule has 2 aromatic carbocycles.